The SMILES string of the molecule is Cc1noc(C)c1COc1cccc2c1C(=O)NC2=O. The number of nitrogens with one attached hydrogen (secondary N) is 1. The molecule has 102 valence electrons. The summed E-state index contributed by atoms with van der Waals surface area (Å²) in [5.41, 5.74) is 2.21. The minimum Gasteiger partial charge on any atom is -0.488 e. The molecule has 2 aromatic rings. The summed E-state index contributed by atoms with van der Waals surface area (Å²) in [6.07, 6.45) is 0. The Hall–Kier alpha value is -2.63. The number of rotatable bonds is 3. The van der Waals surface area contributed by atoms with Gasteiger partial charge in [0.1, 0.15) is 18.1 Å². The highest BCUT2D eigenvalue weighted by Gasteiger charge is 2.30. The quantitative estimate of drug-likeness (QED) is 0.861. The third kappa shape index (κ3) is 1.85. The predicted octanol–water partition coefficient (Wildman–Crippen LogP) is 1.75. The highest BCUT2D eigenvalue weighted by atomic mass is 16.5. The van der Waals surface area contributed by atoms with Crippen LogP contribution >= 0.6 is 0 Å². The van der Waals surface area contributed by atoms with Crippen LogP contribution in [0.1, 0.15) is 37.7 Å². The maximum absolute atomic E-state index is 11.7. The molecule has 0 atom stereocenters. The first kappa shape index (κ1) is 12.4. The highest BCUT2D eigenvalue weighted by Crippen LogP contribution is 2.27. The van der Waals surface area contributed by atoms with E-state index in [9.17, 15) is 9.59 Å². The monoisotopic (exact) mass is 272 g/mol. The van der Waals surface area contributed by atoms with E-state index in [1.807, 2.05) is 6.92 Å². The van der Waals surface area contributed by atoms with Gasteiger partial charge in [-0.25, -0.2) is 0 Å². The van der Waals surface area contributed by atoms with Crippen molar-refractivity contribution in [1.82, 2.24) is 10.5 Å². The molecule has 0 aliphatic carbocycles. The molecule has 1 aromatic carbocycles. The van der Waals surface area contributed by atoms with E-state index in [2.05, 4.69) is 10.5 Å². The van der Waals surface area contributed by atoms with Crippen molar-refractivity contribution in [2.45, 2.75) is 20.5 Å². The Morgan fingerprint density at radius 1 is 1.25 bits per heavy atom. The lowest BCUT2D eigenvalue weighted by molar-refractivity contribution is 0.0878. The summed E-state index contributed by atoms with van der Waals surface area (Å²) < 4.78 is 10.7. The summed E-state index contributed by atoms with van der Waals surface area (Å²) in [5, 5.41) is 6.09. The largest absolute Gasteiger partial charge is 0.488 e. The van der Waals surface area contributed by atoms with E-state index in [0.29, 0.717) is 17.1 Å². The Balaban J connectivity index is 1.90. The van der Waals surface area contributed by atoms with E-state index in [1.165, 1.54) is 0 Å². The fraction of sp³-hybridized carbons (Fsp3) is 0.214. The van der Waals surface area contributed by atoms with E-state index < -0.39 is 11.8 Å². The average Bonchev–Trinajstić information content (AvgIpc) is 2.89. The highest BCUT2D eigenvalue weighted by molar-refractivity contribution is 6.22. The molecule has 0 fully saturated rings. The number of aromatic nitrogens is 1. The molecular formula is C14H12N2O4. The summed E-state index contributed by atoms with van der Waals surface area (Å²) in [6, 6.07) is 4.94. The van der Waals surface area contributed by atoms with Crippen molar-refractivity contribution in [3.8, 4) is 5.75 Å². The zero-order chi connectivity index (χ0) is 14.3. The summed E-state index contributed by atoms with van der Waals surface area (Å²) >= 11 is 0. The lowest BCUT2D eigenvalue weighted by Gasteiger charge is -2.08. The minimum absolute atomic E-state index is 0.235. The van der Waals surface area contributed by atoms with Crippen LogP contribution in [0.5, 0.6) is 5.75 Å². The number of amides is 2. The molecule has 2 amide bonds. The number of ether oxygens (including phenoxy) is 1. The molecule has 1 N–H and O–H groups in total. The molecule has 6 heteroatoms. The number of fused-ring (bicyclic) bond motifs is 1. The Morgan fingerprint density at radius 2 is 2.05 bits per heavy atom. The first-order valence-electron chi connectivity index (χ1n) is 6.11. The van der Waals surface area contributed by atoms with Gasteiger partial charge < -0.3 is 9.26 Å². The number of benzene rings is 1. The second-order valence-corrected chi connectivity index (χ2v) is 4.55. The van der Waals surface area contributed by atoms with Crippen molar-refractivity contribution < 1.29 is 18.8 Å². The number of hydrogen-bond acceptors (Lipinski definition) is 5. The van der Waals surface area contributed by atoms with Crippen LogP contribution in [0.2, 0.25) is 0 Å². The second kappa shape index (κ2) is 4.48. The van der Waals surface area contributed by atoms with E-state index in [0.717, 1.165) is 11.3 Å². The second-order valence-electron chi connectivity index (χ2n) is 4.55. The predicted molar refractivity (Wildman–Crippen MR) is 68.5 cm³/mol. The fourth-order valence-electron chi connectivity index (χ4n) is 2.17. The number of hydrogen-bond donors (Lipinski definition) is 1. The first-order valence-corrected chi connectivity index (χ1v) is 6.11. The molecule has 0 unspecified atom stereocenters. The van der Waals surface area contributed by atoms with Gasteiger partial charge in [-0.2, -0.15) is 0 Å². The molecule has 2 heterocycles. The zero-order valence-corrected chi connectivity index (χ0v) is 11.0. The lowest BCUT2D eigenvalue weighted by Crippen LogP contribution is -2.20. The van der Waals surface area contributed by atoms with Crippen molar-refractivity contribution in [3.05, 3.63) is 46.3 Å². The molecule has 6 nitrogen and oxygen atoms in total. The van der Waals surface area contributed by atoms with Gasteiger partial charge in [0, 0.05) is 0 Å². The molecule has 1 aromatic heterocycles. The topological polar surface area (TPSA) is 81.4 Å². The number of aryl methyl sites for hydroxylation is 2. The Morgan fingerprint density at radius 3 is 2.75 bits per heavy atom. The van der Waals surface area contributed by atoms with E-state index in [4.69, 9.17) is 9.26 Å². The van der Waals surface area contributed by atoms with Crippen molar-refractivity contribution in [2.24, 2.45) is 0 Å². The fourth-order valence-corrected chi connectivity index (χ4v) is 2.17. The van der Waals surface area contributed by atoms with E-state index >= 15 is 0 Å². The molecule has 3 rings (SSSR count). The van der Waals surface area contributed by atoms with Crippen LogP contribution < -0.4 is 10.1 Å². The Bertz CT molecular complexity index is 698. The molecule has 1 aliphatic rings. The molecule has 0 saturated carbocycles. The smallest absolute Gasteiger partial charge is 0.262 e. The van der Waals surface area contributed by atoms with Crippen LogP contribution in [0.25, 0.3) is 0 Å². The van der Waals surface area contributed by atoms with Gasteiger partial charge in [0.05, 0.1) is 22.4 Å². The van der Waals surface area contributed by atoms with Gasteiger partial charge in [-0.05, 0) is 26.0 Å². The van der Waals surface area contributed by atoms with Gasteiger partial charge in [0.25, 0.3) is 11.8 Å². The Kier molecular flexibility index (Phi) is 2.78. The maximum Gasteiger partial charge on any atom is 0.262 e. The zero-order valence-electron chi connectivity index (χ0n) is 11.0. The molecule has 20 heavy (non-hydrogen) atoms. The van der Waals surface area contributed by atoms with Crippen LogP contribution in [-0.2, 0) is 6.61 Å². The van der Waals surface area contributed by atoms with Crippen LogP contribution in [0.4, 0.5) is 0 Å². The standard InChI is InChI=1S/C14H12N2O4/c1-7-10(8(2)20-16-7)6-19-11-5-3-4-9-12(11)14(18)15-13(9)17/h3-5H,6H2,1-2H3,(H,15,17,18). The molecule has 0 radical (unpaired) electrons. The van der Waals surface area contributed by atoms with Crippen molar-refractivity contribution in [3.63, 3.8) is 0 Å². The maximum atomic E-state index is 11.7. The van der Waals surface area contributed by atoms with Gasteiger partial charge in [-0.15, -0.1) is 0 Å². The molecular weight excluding hydrogens is 260 g/mol. The number of carbonyl (C=O) groups is 2. The van der Waals surface area contributed by atoms with Crippen molar-refractivity contribution >= 4 is 11.8 Å². The van der Waals surface area contributed by atoms with Gasteiger partial charge in [-0.3, -0.25) is 14.9 Å². The van der Waals surface area contributed by atoms with Crippen molar-refractivity contribution in [1.29, 1.82) is 0 Å². The lowest BCUT2D eigenvalue weighted by atomic mass is 10.1. The number of nitrogens with zero attached hydrogens (tertiary/aromatic N) is 1. The van der Waals surface area contributed by atoms with E-state index in [1.54, 1.807) is 25.1 Å². The first-order chi connectivity index (χ1) is 9.58. The minimum atomic E-state index is -0.431. The third-order valence-electron chi connectivity index (χ3n) is 3.28. The number of carbonyl (C=O) groups excluding carboxylic acids is 2. The van der Waals surface area contributed by atoms with Gasteiger partial charge in [-0.1, -0.05) is 11.2 Å². The van der Waals surface area contributed by atoms with Gasteiger partial charge in [0.2, 0.25) is 0 Å². The van der Waals surface area contributed by atoms with Crippen molar-refractivity contribution in [2.75, 3.05) is 0 Å². The molecule has 1 aliphatic heterocycles. The van der Waals surface area contributed by atoms with Gasteiger partial charge >= 0.3 is 0 Å². The number of imide groups is 1. The average molecular weight is 272 g/mol. The summed E-state index contributed by atoms with van der Waals surface area (Å²) in [6.45, 7) is 3.85. The normalized spacial score (nSPS) is 13.3. The molecule has 0 bridgehead atoms. The third-order valence-corrected chi connectivity index (χ3v) is 3.28. The van der Waals surface area contributed by atoms with Crippen LogP contribution in [-0.4, -0.2) is 17.0 Å². The summed E-state index contributed by atoms with van der Waals surface area (Å²) in [7, 11) is 0. The Labute approximate surface area is 114 Å². The summed E-state index contributed by atoms with van der Waals surface area (Å²) in [4.78, 5) is 23.3. The van der Waals surface area contributed by atoms with Crippen LogP contribution in [0, 0.1) is 13.8 Å². The molecule has 0 spiro atoms. The van der Waals surface area contributed by atoms with Gasteiger partial charge in [0.15, 0.2) is 0 Å². The molecule has 0 saturated heterocycles. The summed E-state index contributed by atoms with van der Waals surface area (Å²) in [5.74, 6) is 0.230. The van der Waals surface area contributed by atoms with Crippen LogP contribution in [0.3, 0.4) is 0 Å². The van der Waals surface area contributed by atoms with E-state index in [-0.39, 0.29) is 12.2 Å². The van der Waals surface area contributed by atoms with Crippen LogP contribution in [0.15, 0.2) is 22.7 Å².